The number of likely N-dealkylation sites (N-methyl/N-ethyl adjacent to an activating group) is 1. The third-order valence-corrected chi connectivity index (χ3v) is 14.5. The zero-order valence-electron chi connectivity index (χ0n) is 54.1. The zero-order valence-corrected chi connectivity index (χ0v) is 55.0. The Labute approximate surface area is 516 Å². The maximum Gasteiger partial charge on any atom is 0.472 e. The Hall–Kier alpha value is -4.37. The number of quaternary nitrogens is 1. The summed E-state index contributed by atoms with van der Waals surface area (Å²) in [5.41, 5.74) is 0. The summed E-state index contributed by atoms with van der Waals surface area (Å²) in [6.07, 6.45) is 94.8. The quantitative estimate of drug-likeness (QED) is 0.0211. The summed E-state index contributed by atoms with van der Waals surface area (Å²) in [6, 6.07) is 0. The Morgan fingerprint density at radius 3 is 0.976 bits per heavy atom. The molecule has 0 aromatic carbocycles. The standard InChI is InChI=1S/C74H122NO8P/c1-6-8-10-12-14-16-18-20-22-24-26-28-30-32-34-35-36-37-38-39-41-42-44-46-48-50-52-54-56-58-60-62-64-66-73(76)80-70-72(71-82-84(78,79)81-69-68-75(3,4)5)83-74(77)67-65-63-61-59-57-55-53-51-49-47-45-43-40-33-31-29-27-25-23-21-19-17-15-13-11-9-7-2/h8-11,14-17,20-23,26-29,32-34,40,45,47,51,53,57,59,72H,6-7,12-13,18-19,24-25,30-31,35-39,41-44,46,48-50,52,54-56,58,60-71H2,1-5H3/p+1/b10-8-,11-9-,16-14-,17-15-,22-20-,23-21-,28-26-,29-27-,34-32-,40-33-,47-45-,53-51-,59-57-. The van der Waals surface area contributed by atoms with Crippen molar-refractivity contribution in [3.63, 3.8) is 0 Å². The summed E-state index contributed by atoms with van der Waals surface area (Å²) in [5, 5.41) is 0. The SMILES string of the molecule is CC/C=C\C/C=C\C/C=C\C/C=C\C/C=C\C/C=C\C/C=C\C/C=C\CCCCC(=O)OC(COC(=O)CCCCCCCCCCCCCCCCCCC/C=C\C/C=C\C/C=C\C/C=C\C/C=C\CC)COP(=O)(O)OCC[N+](C)(C)C. The molecule has 2 atom stereocenters. The van der Waals surface area contributed by atoms with E-state index in [9.17, 15) is 19.0 Å². The van der Waals surface area contributed by atoms with Gasteiger partial charge in [0.2, 0.25) is 0 Å². The molecule has 0 aliphatic carbocycles. The summed E-state index contributed by atoms with van der Waals surface area (Å²) in [7, 11) is 1.43. The number of carbonyl (C=O) groups is 2. The van der Waals surface area contributed by atoms with Gasteiger partial charge in [-0.1, -0.05) is 268 Å². The highest BCUT2D eigenvalue weighted by Crippen LogP contribution is 2.43. The largest absolute Gasteiger partial charge is 0.472 e. The van der Waals surface area contributed by atoms with Crippen molar-refractivity contribution in [2.24, 2.45) is 0 Å². The number of ether oxygens (including phenoxy) is 2. The second-order valence-corrected chi connectivity index (χ2v) is 24.2. The van der Waals surface area contributed by atoms with E-state index in [0.29, 0.717) is 17.4 Å². The van der Waals surface area contributed by atoms with Crippen molar-refractivity contribution < 1.29 is 42.1 Å². The fourth-order valence-corrected chi connectivity index (χ4v) is 9.27. The first-order valence-corrected chi connectivity index (χ1v) is 34.7. The predicted molar refractivity (Wildman–Crippen MR) is 362 cm³/mol. The molecule has 0 aromatic rings. The van der Waals surface area contributed by atoms with Crippen LogP contribution < -0.4 is 0 Å². The van der Waals surface area contributed by atoms with Crippen LogP contribution in [-0.2, 0) is 32.7 Å². The summed E-state index contributed by atoms with van der Waals surface area (Å²) in [6.45, 7) is 4.15. The van der Waals surface area contributed by atoms with Gasteiger partial charge in [-0.05, 0) is 122 Å². The van der Waals surface area contributed by atoms with Crippen molar-refractivity contribution >= 4 is 19.8 Å². The van der Waals surface area contributed by atoms with Gasteiger partial charge in [0.1, 0.15) is 19.8 Å². The normalized spacial score (nSPS) is 14.2. The summed E-state index contributed by atoms with van der Waals surface area (Å²) in [5.74, 6) is -0.855. The van der Waals surface area contributed by atoms with Crippen LogP contribution >= 0.6 is 7.82 Å². The van der Waals surface area contributed by atoms with Crippen LogP contribution in [0.4, 0.5) is 0 Å². The Balaban J connectivity index is 4.17. The van der Waals surface area contributed by atoms with Crippen LogP contribution in [0.25, 0.3) is 0 Å². The van der Waals surface area contributed by atoms with Gasteiger partial charge in [0.05, 0.1) is 27.7 Å². The molecule has 0 radical (unpaired) electrons. The monoisotopic (exact) mass is 1180 g/mol. The maximum absolute atomic E-state index is 12.8. The van der Waals surface area contributed by atoms with E-state index in [4.69, 9.17) is 18.5 Å². The molecular weight excluding hydrogens is 1060 g/mol. The lowest BCUT2D eigenvalue weighted by molar-refractivity contribution is -0.870. The minimum Gasteiger partial charge on any atom is -0.462 e. The van der Waals surface area contributed by atoms with E-state index < -0.39 is 26.5 Å². The topological polar surface area (TPSA) is 108 Å². The number of unbranched alkanes of at least 4 members (excludes halogenated alkanes) is 19. The number of carbonyl (C=O) groups excluding carboxylic acids is 2. The van der Waals surface area contributed by atoms with Crippen LogP contribution in [0.3, 0.4) is 0 Å². The van der Waals surface area contributed by atoms with Crippen molar-refractivity contribution in [1.29, 1.82) is 0 Å². The fourth-order valence-electron chi connectivity index (χ4n) is 8.53. The molecular formula is C74H123NO8P+. The van der Waals surface area contributed by atoms with Crippen molar-refractivity contribution in [2.75, 3.05) is 47.5 Å². The maximum atomic E-state index is 12.8. The van der Waals surface area contributed by atoms with Crippen LogP contribution in [0.15, 0.2) is 158 Å². The predicted octanol–water partition coefficient (Wildman–Crippen LogP) is 21.6. The molecule has 0 fully saturated rings. The Bertz CT molecular complexity index is 1970. The van der Waals surface area contributed by atoms with Gasteiger partial charge >= 0.3 is 19.8 Å². The van der Waals surface area contributed by atoms with Crippen LogP contribution in [0, 0.1) is 0 Å². The average Bonchev–Trinajstić information content (AvgIpc) is 3.61. The summed E-state index contributed by atoms with van der Waals surface area (Å²) < 4.78 is 34.6. The lowest BCUT2D eigenvalue weighted by atomic mass is 10.0. The Morgan fingerprint density at radius 2 is 0.643 bits per heavy atom. The highest BCUT2D eigenvalue weighted by molar-refractivity contribution is 7.47. The molecule has 0 aliphatic heterocycles. The summed E-state index contributed by atoms with van der Waals surface area (Å²) in [4.78, 5) is 35.8. The van der Waals surface area contributed by atoms with Crippen molar-refractivity contribution in [3.05, 3.63) is 158 Å². The van der Waals surface area contributed by atoms with Crippen molar-refractivity contribution in [1.82, 2.24) is 0 Å². The smallest absolute Gasteiger partial charge is 0.462 e. The van der Waals surface area contributed by atoms with E-state index in [1.807, 2.05) is 21.1 Å². The second kappa shape index (κ2) is 63.1. The first-order chi connectivity index (χ1) is 41.0. The number of allylic oxidation sites excluding steroid dienone is 26. The van der Waals surface area contributed by atoms with Crippen molar-refractivity contribution in [2.45, 2.75) is 251 Å². The lowest BCUT2D eigenvalue weighted by Gasteiger charge is -2.24. The van der Waals surface area contributed by atoms with Crippen molar-refractivity contribution in [3.8, 4) is 0 Å². The fraction of sp³-hybridized carbons (Fsp3) is 0.622. The van der Waals surface area contributed by atoms with E-state index in [0.717, 1.165) is 116 Å². The van der Waals surface area contributed by atoms with Gasteiger partial charge in [0, 0.05) is 12.8 Å². The number of phosphoric acid groups is 1. The number of hydrogen-bond donors (Lipinski definition) is 1. The van der Waals surface area contributed by atoms with Gasteiger partial charge in [-0.15, -0.1) is 0 Å². The van der Waals surface area contributed by atoms with Gasteiger partial charge in [0.15, 0.2) is 6.10 Å². The molecule has 0 saturated heterocycles. The van der Waals surface area contributed by atoms with E-state index in [1.165, 1.54) is 96.3 Å². The highest BCUT2D eigenvalue weighted by Gasteiger charge is 2.27. The third kappa shape index (κ3) is 66.8. The molecule has 84 heavy (non-hydrogen) atoms. The highest BCUT2D eigenvalue weighted by atomic mass is 31.2. The molecule has 9 nitrogen and oxygen atoms in total. The second-order valence-electron chi connectivity index (χ2n) is 22.7. The number of rotatable bonds is 59. The third-order valence-electron chi connectivity index (χ3n) is 13.6. The molecule has 0 rings (SSSR count). The van der Waals surface area contributed by atoms with Crippen LogP contribution in [0.2, 0.25) is 0 Å². The molecule has 0 spiro atoms. The molecule has 476 valence electrons. The van der Waals surface area contributed by atoms with Crippen LogP contribution in [0.5, 0.6) is 0 Å². The van der Waals surface area contributed by atoms with E-state index in [-0.39, 0.29) is 32.0 Å². The number of hydrogen-bond acceptors (Lipinski definition) is 7. The minimum absolute atomic E-state index is 0.0152. The summed E-state index contributed by atoms with van der Waals surface area (Å²) >= 11 is 0. The minimum atomic E-state index is -4.41. The van der Waals surface area contributed by atoms with E-state index in [2.05, 4.69) is 172 Å². The molecule has 1 N–H and O–H groups in total. The molecule has 0 aliphatic rings. The molecule has 0 aromatic heterocycles. The first-order valence-electron chi connectivity index (χ1n) is 33.2. The van der Waals surface area contributed by atoms with Gasteiger partial charge in [-0.3, -0.25) is 18.6 Å². The first kappa shape index (κ1) is 79.6. The average molecular weight is 1190 g/mol. The molecule has 10 heteroatoms. The van der Waals surface area contributed by atoms with Crippen LogP contribution in [0.1, 0.15) is 245 Å². The molecule has 0 saturated carbocycles. The zero-order chi connectivity index (χ0) is 61.2. The van der Waals surface area contributed by atoms with Gasteiger partial charge in [-0.25, -0.2) is 4.57 Å². The molecule has 0 bridgehead atoms. The van der Waals surface area contributed by atoms with Gasteiger partial charge in [0.25, 0.3) is 0 Å². The van der Waals surface area contributed by atoms with Crippen LogP contribution in [-0.4, -0.2) is 74.9 Å². The Morgan fingerprint density at radius 1 is 0.369 bits per heavy atom. The lowest BCUT2D eigenvalue weighted by Crippen LogP contribution is -2.37. The molecule has 2 unspecified atom stereocenters. The molecule has 0 heterocycles. The van der Waals surface area contributed by atoms with E-state index >= 15 is 0 Å². The van der Waals surface area contributed by atoms with Gasteiger partial charge in [-0.2, -0.15) is 0 Å². The number of phosphoric ester groups is 1. The molecule has 0 amide bonds. The number of esters is 2. The number of nitrogens with zero attached hydrogens (tertiary/aromatic N) is 1. The van der Waals surface area contributed by atoms with Gasteiger partial charge < -0.3 is 18.9 Å². The van der Waals surface area contributed by atoms with E-state index in [1.54, 1.807) is 0 Å². The Kier molecular flexibility index (Phi) is 59.9.